The molecule has 0 unspecified atom stereocenters. The normalized spacial score (nSPS) is 10.9. The Kier molecular flexibility index (Phi) is 5.93. The Morgan fingerprint density at radius 2 is 1.83 bits per heavy atom. The number of aromatic nitrogens is 2. The first kappa shape index (κ1) is 20.3. The molecule has 4 rings (SSSR count). The third-order valence-electron chi connectivity index (χ3n) is 4.84. The molecule has 1 aromatic heterocycles. The van der Waals surface area contributed by atoms with E-state index in [2.05, 4.69) is 9.88 Å². The molecular formula is C23H19Cl2N3O2. The molecule has 1 N–H and O–H groups in total. The molecule has 152 valence electrons. The van der Waals surface area contributed by atoms with Gasteiger partial charge in [0.1, 0.15) is 11.6 Å². The molecule has 0 aliphatic heterocycles. The minimum Gasteiger partial charge on any atom is -0.497 e. The van der Waals surface area contributed by atoms with Crippen molar-refractivity contribution in [1.29, 1.82) is 0 Å². The minimum absolute atomic E-state index is 0.180. The summed E-state index contributed by atoms with van der Waals surface area (Å²) in [6, 6.07) is 20.3. The van der Waals surface area contributed by atoms with Crippen LogP contribution in [-0.4, -0.2) is 22.6 Å². The zero-order chi connectivity index (χ0) is 21.1. The average molecular weight is 440 g/mol. The van der Waals surface area contributed by atoms with Crippen LogP contribution in [0.2, 0.25) is 10.0 Å². The van der Waals surface area contributed by atoms with Gasteiger partial charge in [0.05, 0.1) is 31.2 Å². The van der Waals surface area contributed by atoms with Crippen LogP contribution in [0.5, 0.6) is 5.75 Å². The van der Waals surface area contributed by atoms with Crippen LogP contribution in [0.25, 0.3) is 11.0 Å². The van der Waals surface area contributed by atoms with Crippen molar-refractivity contribution < 1.29 is 9.53 Å². The van der Waals surface area contributed by atoms with Crippen molar-refractivity contribution in [1.82, 2.24) is 14.9 Å². The molecule has 0 saturated heterocycles. The van der Waals surface area contributed by atoms with Crippen LogP contribution in [0, 0.1) is 0 Å². The summed E-state index contributed by atoms with van der Waals surface area (Å²) in [7, 11) is 1.59. The number of hydrogen-bond acceptors (Lipinski definition) is 3. The van der Waals surface area contributed by atoms with Crippen LogP contribution < -0.4 is 10.1 Å². The fourth-order valence-electron chi connectivity index (χ4n) is 3.26. The van der Waals surface area contributed by atoms with Crippen LogP contribution in [-0.2, 0) is 13.1 Å². The van der Waals surface area contributed by atoms with Crippen LogP contribution in [0.3, 0.4) is 0 Å². The van der Waals surface area contributed by atoms with E-state index >= 15 is 0 Å². The monoisotopic (exact) mass is 439 g/mol. The van der Waals surface area contributed by atoms with Gasteiger partial charge in [-0.1, -0.05) is 41.4 Å². The Labute approximate surface area is 184 Å². The number of carbonyl (C=O) groups excluding carboxylic acids is 1. The summed E-state index contributed by atoms with van der Waals surface area (Å²) in [6.07, 6.45) is 0. The van der Waals surface area contributed by atoms with Gasteiger partial charge in [0.2, 0.25) is 0 Å². The molecule has 4 aromatic rings. The van der Waals surface area contributed by atoms with E-state index in [0.29, 0.717) is 27.9 Å². The van der Waals surface area contributed by atoms with Crippen molar-refractivity contribution in [3.8, 4) is 5.75 Å². The zero-order valence-corrected chi connectivity index (χ0v) is 17.7. The Balaban J connectivity index is 1.60. The lowest BCUT2D eigenvalue weighted by Crippen LogP contribution is -2.24. The Morgan fingerprint density at radius 1 is 1.07 bits per heavy atom. The second kappa shape index (κ2) is 8.78. The maximum absolute atomic E-state index is 12.6. The maximum atomic E-state index is 12.6. The average Bonchev–Trinajstić information content (AvgIpc) is 3.11. The van der Waals surface area contributed by atoms with Gasteiger partial charge in [0, 0.05) is 15.6 Å². The molecular weight excluding hydrogens is 421 g/mol. The highest BCUT2D eigenvalue weighted by Crippen LogP contribution is 2.24. The summed E-state index contributed by atoms with van der Waals surface area (Å²) in [6.45, 7) is 0.801. The van der Waals surface area contributed by atoms with Crippen molar-refractivity contribution in [2.75, 3.05) is 7.11 Å². The Hall–Kier alpha value is -3.02. The highest BCUT2D eigenvalue weighted by Gasteiger charge is 2.14. The molecule has 1 amide bonds. The number of halogens is 2. The third-order valence-corrected chi connectivity index (χ3v) is 5.42. The number of rotatable bonds is 6. The van der Waals surface area contributed by atoms with E-state index in [0.717, 1.165) is 22.4 Å². The van der Waals surface area contributed by atoms with Gasteiger partial charge in [-0.3, -0.25) is 4.79 Å². The van der Waals surface area contributed by atoms with E-state index in [9.17, 15) is 4.79 Å². The van der Waals surface area contributed by atoms with Gasteiger partial charge in [-0.2, -0.15) is 0 Å². The quantitative estimate of drug-likeness (QED) is 0.441. The first-order valence-corrected chi connectivity index (χ1v) is 10.1. The molecule has 0 spiro atoms. The number of hydrogen-bond donors (Lipinski definition) is 1. The standard InChI is InChI=1S/C23H19Cl2N3O2/c1-30-18-10-7-15(8-11-18)23(29)26-13-22-27-20-4-2-3-5-21(20)28(22)14-16-6-9-17(24)12-19(16)25/h2-12H,13-14H2,1H3,(H,26,29). The fraction of sp³-hybridized carbons (Fsp3) is 0.130. The molecule has 1 heterocycles. The molecule has 0 aliphatic rings. The lowest BCUT2D eigenvalue weighted by molar-refractivity contribution is 0.0949. The molecule has 3 aromatic carbocycles. The molecule has 0 saturated carbocycles. The highest BCUT2D eigenvalue weighted by atomic mass is 35.5. The molecule has 5 nitrogen and oxygen atoms in total. The SMILES string of the molecule is COc1ccc(C(=O)NCc2nc3ccccc3n2Cc2ccc(Cl)cc2Cl)cc1. The van der Waals surface area contributed by atoms with Crippen molar-refractivity contribution in [2.45, 2.75) is 13.1 Å². The number of imidazole rings is 1. The number of ether oxygens (including phenoxy) is 1. The van der Waals surface area contributed by atoms with E-state index in [-0.39, 0.29) is 12.5 Å². The molecule has 0 fully saturated rings. The van der Waals surface area contributed by atoms with Crippen molar-refractivity contribution >= 4 is 40.1 Å². The smallest absolute Gasteiger partial charge is 0.251 e. The lowest BCUT2D eigenvalue weighted by Gasteiger charge is -2.12. The number of carbonyl (C=O) groups is 1. The van der Waals surface area contributed by atoms with E-state index in [4.69, 9.17) is 32.9 Å². The number of para-hydroxylation sites is 2. The van der Waals surface area contributed by atoms with Gasteiger partial charge in [0.25, 0.3) is 5.91 Å². The van der Waals surface area contributed by atoms with Crippen molar-refractivity contribution in [3.63, 3.8) is 0 Å². The fourth-order valence-corrected chi connectivity index (χ4v) is 3.73. The summed E-state index contributed by atoms with van der Waals surface area (Å²) in [5.41, 5.74) is 3.31. The second-order valence-corrected chi connectivity index (χ2v) is 7.59. The van der Waals surface area contributed by atoms with E-state index in [1.54, 1.807) is 37.4 Å². The molecule has 0 bridgehead atoms. The van der Waals surface area contributed by atoms with Gasteiger partial charge in [0.15, 0.2) is 0 Å². The first-order chi connectivity index (χ1) is 14.5. The molecule has 0 atom stereocenters. The van der Waals surface area contributed by atoms with Crippen molar-refractivity contribution in [3.05, 3.63) is 93.7 Å². The Morgan fingerprint density at radius 3 is 2.57 bits per heavy atom. The van der Waals surface area contributed by atoms with Gasteiger partial charge >= 0.3 is 0 Å². The predicted octanol–water partition coefficient (Wildman–Crippen LogP) is 5.33. The van der Waals surface area contributed by atoms with E-state index in [1.807, 2.05) is 36.4 Å². The summed E-state index contributed by atoms with van der Waals surface area (Å²) in [5, 5.41) is 4.13. The molecule has 0 aliphatic carbocycles. The highest BCUT2D eigenvalue weighted by molar-refractivity contribution is 6.35. The van der Waals surface area contributed by atoms with Crippen LogP contribution in [0.4, 0.5) is 0 Å². The number of methoxy groups -OCH3 is 1. The van der Waals surface area contributed by atoms with Gasteiger partial charge < -0.3 is 14.6 Å². The lowest BCUT2D eigenvalue weighted by atomic mass is 10.2. The summed E-state index contributed by atoms with van der Waals surface area (Å²) < 4.78 is 7.19. The molecule has 0 radical (unpaired) electrons. The maximum Gasteiger partial charge on any atom is 0.251 e. The van der Waals surface area contributed by atoms with Gasteiger partial charge in [-0.15, -0.1) is 0 Å². The van der Waals surface area contributed by atoms with Crippen molar-refractivity contribution in [2.24, 2.45) is 0 Å². The number of benzene rings is 3. The topological polar surface area (TPSA) is 56.1 Å². The zero-order valence-electron chi connectivity index (χ0n) is 16.2. The second-order valence-electron chi connectivity index (χ2n) is 6.75. The van der Waals surface area contributed by atoms with Gasteiger partial charge in [-0.05, 0) is 54.1 Å². The predicted molar refractivity (Wildman–Crippen MR) is 119 cm³/mol. The van der Waals surface area contributed by atoms with Crippen LogP contribution in [0.1, 0.15) is 21.7 Å². The number of nitrogens with one attached hydrogen (secondary N) is 1. The summed E-state index contributed by atoms with van der Waals surface area (Å²) in [4.78, 5) is 17.3. The largest absolute Gasteiger partial charge is 0.497 e. The van der Waals surface area contributed by atoms with Gasteiger partial charge in [-0.25, -0.2) is 4.98 Å². The molecule has 30 heavy (non-hydrogen) atoms. The van der Waals surface area contributed by atoms with E-state index in [1.165, 1.54) is 0 Å². The number of amides is 1. The molecule has 7 heteroatoms. The van der Waals surface area contributed by atoms with Crippen LogP contribution in [0.15, 0.2) is 66.7 Å². The number of nitrogens with zero attached hydrogens (tertiary/aromatic N) is 2. The minimum atomic E-state index is -0.180. The number of fused-ring (bicyclic) bond motifs is 1. The summed E-state index contributed by atoms with van der Waals surface area (Å²) >= 11 is 12.4. The Bertz CT molecular complexity index is 1200. The third kappa shape index (κ3) is 4.27. The van der Waals surface area contributed by atoms with Crippen LogP contribution >= 0.6 is 23.2 Å². The summed E-state index contributed by atoms with van der Waals surface area (Å²) in [5.74, 6) is 1.26. The van der Waals surface area contributed by atoms with E-state index < -0.39 is 0 Å². The first-order valence-electron chi connectivity index (χ1n) is 9.35.